The molecule has 2 heterocycles. The summed E-state index contributed by atoms with van der Waals surface area (Å²) in [4.78, 5) is 4.42. The molecule has 9 heteroatoms. The lowest BCUT2D eigenvalue weighted by Crippen LogP contribution is -2.24. The summed E-state index contributed by atoms with van der Waals surface area (Å²) in [6, 6.07) is 7.77. The first-order chi connectivity index (χ1) is 10.9. The van der Waals surface area contributed by atoms with Crippen molar-refractivity contribution >= 4 is 27.7 Å². The average Bonchev–Trinajstić information content (AvgIpc) is 3.14. The topological polar surface area (TPSA) is 82.5 Å². The maximum atomic E-state index is 5.31. The van der Waals surface area contributed by atoms with E-state index >= 15 is 0 Å². The van der Waals surface area contributed by atoms with Gasteiger partial charge in [0.15, 0.2) is 0 Å². The lowest BCUT2D eigenvalue weighted by Gasteiger charge is -2.19. The summed E-state index contributed by atoms with van der Waals surface area (Å²) in [6.45, 7) is 6.14. The van der Waals surface area contributed by atoms with Crippen LogP contribution in [0.1, 0.15) is 26.7 Å². The highest BCUT2D eigenvalue weighted by atomic mass is 79.9. The molecule has 0 radical (unpaired) electrons. The van der Waals surface area contributed by atoms with Crippen molar-refractivity contribution in [2.24, 2.45) is 0 Å². The molecule has 0 aliphatic heterocycles. The molecule has 0 saturated heterocycles. The van der Waals surface area contributed by atoms with Crippen LogP contribution >= 0.6 is 27.7 Å². The van der Waals surface area contributed by atoms with E-state index in [-0.39, 0.29) is 5.54 Å². The van der Waals surface area contributed by atoms with Gasteiger partial charge < -0.3 is 4.52 Å². The number of halogens is 1. The fourth-order valence-corrected chi connectivity index (χ4v) is 3.17. The average molecular weight is 395 g/mol. The maximum absolute atomic E-state index is 5.31. The molecule has 1 aromatic carbocycles. The molecule has 3 aromatic rings. The summed E-state index contributed by atoms with van der Waals surface area (Å²) in [7, 11) is 0. The van der Waals surface area contributed by atoms with E-state index in [1.54, 1.807) is 4.68 Å². The number of nitrogens with zero attached hydrogens (tertiary/aromatic N) is 6. The van der Waals surface area contributed by atoms with Gasteiger partial charge in [0.1, 0.15) is 0 Å². The molecule has 23 heavy (non-hydrogen) atoms. The van der Waals surface area contributed by atoms with Crippen molar-refractivity contribution < 1.29 is 4.52 Å². The zero-order chi connectivity index (χ0) is 16.4. The number of benzene rings is 1. The van der Waals surface area contributed by atoms with E-state index in [4.69, 9.17) is 4.52 Å². The van der Waals surface area contributed by atoms with Gasteiger partial charge in [-0.3, -0.25) is 0 Å². The molecule has 3 rings (SSSR count). The van der Waals surface area contributed by atoms with E-state index < -0.39 is 0 Å². The Balaban J connectivity index is 1.72. The molecule has 0 amide bonds. The molecule has 0 unspecified atom stereocenters. The third-order valence-electron chi connectivity index (χ3n) is 2.95. The van der Waals surface area contributed by atoms with Crippen LogP contribution in [-0.4, -0.2) is 30.3 Å². The Morgan fingerprint density at radius 2 is 2.13 bits per heavy atom. The summed E-state index contributed by atoms with van der Waals surface area (Å²) < 4.78 is 8.06. The standard InChI is InChI=1S/C14H15BrN6OS/c1-14(2,3)21-13(17-19-20-21)23-8-11-16-12(18-22-11)9-5-4-6-10(15)7-9/h4-7H,8H2,1-3H3. The Labute approximate surface area is 146 Å². The van der Waals surface area contributed by atoms with Crippen molar-refractivity contribution in [3.8, 4) is 11.4 Å². The number of aromatic nitrogens is 6. The Bertz CT molecular complexity index is 809. The minimum Gasteiger partial charge on any atom is -0.338 e. The minimum absolute atomic E-state index is 0.178. The van der Waals surface area contributed by atoms with E-state index in [1.807, 2.05) is 45.0 Å². The van der Waals surface area contributed by atoms with Crippen LogP contribution < -0.4 is 0 Å². The number of rotatable bonds is 4. The van der Waals surface area contributed by atoms with Crippen LogP contribution in [0.15, 0.2) is 38.4 Å². The third-order valence-corrected chi connectivity index (χ3v) is 4.35. The van der Waals surface area contributed by atoms with E-state index in [2.05, 4.69) is 41.6 Å². The third kappa shape index (κ3) is 3.78. The van der Waals surface area contributed by atoms with Crippen molar-refractivity contribution in [1.29, 1.82) is 0 Å². The number of thioether (sulfide) groups is 1. The van der Waals surface area contributed by atoms with Gasteiger partial charge in [0, 0.05) is 10.0 Å². The van der Waals surface area contributed by atoms with Crippen molar-refractivity contribution in [3.63, 3.8) is 0 Å². The fourth-order valence-electron chi connectivity index (χ4n) is 1.87. The van der Waals surface area contributed by atoms with Gasteiger partial charge in [0.05, 0.1) is 11.3 Å². The van der Waals surface area contributed by atoms with E-state index in [0.717, 1.165) is 15.2 Å². The van der Waals surface area contributed by atoms with Crippen molar-refractivity contribution in [3.05, 3.63) is 34.6 Å². The zero-order valence-corrected chi connectivity index (χ0v) is 15.3. The lowest BCUT2D eigenvalue weighted by atomic mass is 10.1. The van der Waals surface area contributed by atoms with Gasteiger partial charge in [-0.15, -0.1) is 5.10 Å². The summed E-state index contributed by atoms with van der Waals surface area (Å²) in [5.74, 6) is 1.61. The van der Waals surface area contributed by atoms with Crippen LogP contribution in [0.3, 0.4) is 0 Å². The number of hydrogen-bond acceptors (Lipinski definition) is 7. The predicted molar refractivity (Wildman–Crippen MR) is 89.8 cm³/mol. The van der Waals surface area contributed by atoms with Crippen LogP contribution in [0.4, 0.5) is 0 Å². The summed E-state index contributed by atoms with van der Waals surface area (Å²) in [5, 5.41) is 16.5. The second-order valence-corrected chi connectivity index (χ2v) is 7.71. The van der Waals surface area contributed by atoms with Crippen molar-refractivity contribution in [2.75, 3.05) is 0 Å². The minimum atomic E-state index is -0.178. The summed E-state index contributed by atoms with van der Waals surface area (Å²) in [6.07, 6.45) is 0. The Morgan fingerprint density at radius 3 is 2.87 bits per heavy atom. The van der Waals surface area contributed by atoms with Gasteiger partial charge in [0.25, 0.3) is 0 Å². The van der Waals surface area contributed by atoms with Crippen LogP contribution in [0.25, 0.3) is 11.4 Å². The molecule has 2 aromatic heterocycles. The summed E-state index contributed by atoms with van der Waals surface area (Å²) in [5.41, 5.74) is 0.723. The fraction of sp³-hybridized carbons (Fsp3) is 0.357. The van der Waals surface area contributed by atoms with Gasteiger partial charge in [-0.2, -0.15) is 4.98 Å². The molecule has 120 valence electrons. The second-order valence-electron chi connectivity index (χ2n) is 5.85. The highest BCUT2D eigenvalue weighted by Gasteiger charge is 2.20. The lowest BCUT2D eigenvalue weighted by molar-refractivity contribution is 0.321. The number of hydrogen-bond donors (Lipinski definition) is 0. The Kier molecular flexibility index (Phi) is 4.49. The molecule has 7 nitrogen and oxygen atoms in total. The van der Waals surface area contributed by atoms with Crippen molar-refractivity contribution in [1.82, 2.24) is 30.3 Å². The van der Waals surface area contributed by atoms with Crippen LogP contribution in [-0.2, 0) is 11.3 Å². The molecule has 0 aliphatic carbocycles. The molecule has 0 aliphatic rings. The van der Waals surface area contributed by atoms with Crippen LogP contribution in [0, 0.1) is 0 Å². The molecular weight excluding hydrogens is 380 g/mol. The Hall–Kier alpha value is -1.74. The SMILES string of the molecule is CC(C)(C)n1nnnc1SCc1nc(-c2cccc(Br)c2)no1. The van der Waals surface area contributed by atoms with Gasteiger partial charge in [-0.05, 0) is 43.3 Å². The number of tetrazole rings is 1. The molecule has 0 atom stereocenters. The van der Waals surface area contributed by atoms with E-state index in [1.165, 1.54) is 11.8 Å². The first-order valence-electron chi connectivity index (χ1n) is 6.94. The molecule has 0 saturated carbocycles. The molecule has 0 fully saturated rings. The zero-order valence-electron chi connectivity index (χ0n) is 12.9. The maximum Gasteiger partial charge on any atom is 0.237 e. The molecule has 0 bridgehead atoms. The van der Waals surface area contributed by atoms with Gasteiger partial charge in [-0.1, -0.05) is 45.0 Å². The van der Waals surface area contributed by atoms with Crippen LogP contribution in [0.2, 0.25) is 0 Å². The largest absolute Gasteiger partial charge is 0.338 e. The van der Waals surface area contributed by atoms with Gasteiger partial charge in [-0.25, -0.2) is 4.68 Å². The Morgan fingerprint density at radius 1 is 1.30 bits per heavy atom. The van der Waals surface area contributed by atoms with Gasteiger partial charge in [0.2, 0.25) is 16.9 Å². The van der Waals surface area contributed by atoms with Gasteiger partial charge >= 0.3 is 0 Å². The second kappa shape index (κ2) is 6.40. The highest BCUT2D eigenvalue weighted by Crippen LogP contribution is 2.25. The predicted octanol–water partition coefficient (Wildman–Crippen LogP) is 3.53. The van der Waals surface area contributed by atoms with E-state index in [0.29, 0.717) is 17.5 Å². The monoisotopic (exact) mass is 394 g/mol. The first-order valence-corrected chi connectivity index (χ1v) is 8.71. The van der Waals surface area contributed by atoms with Crippen molar-refractivity contribution in [2.45, 2.75) is 37.2 Å². The summed E-state index contributed by atoms with van der Waals surface area (Å²) >= 11 is 4.90. The van der Waals surface area contributed by atoms with Crippen LogP contribution in [0.5, 0.6) is 0 Å². The molecule has 0 N–H and O–H groups in total. The smallest absolute Gasteiger partial charge is 0.237 e. The normalized spacial score (nSPS) is 11.8. The quantitative estimate of drug-likeness (QED) is 0.625. The molecule has 0 spiro atoms. The van der Waals surface area contributed by atoms with E-state index in [9.17, 15) is 0 Å². The first kappa shape index (κ1) is 16.1. The molecular formula is C14H15BrN6OS. The highest BCUT2D eigenvalue weighted by molar-refractivity contribution is 9.10.